The fourth-order valence-corrected chi connectivity index (χ4v) is 2.59. The second-order valence-corrected chi connectivity index (χ2v) is 5.91. The van der Waals surface area contributed by atoms with Crippen LogP contribution in [0, 0.1) is 12.7 Å². The van der Waals surface area contributed by atoms with Gasteiger partial charge < -0.3 is 19.5 Å². The van der Waals surface area contributed by atoms with E-state index in [0.29, 0.717) is 31.3 Å². The zero-order chi connectivity index (χ0) is 17.0. The van der Waals surface area contributed by atoms with E-state index in [9.17, 15) is 9.50 Å². The first-order valence-corrected chi connectivity index (χ1v) is 7.77. The summed E-state index contributed by atoms with van der Waals surface area (Å²) < 4.78 is 24.3. The van der Waals surface area contributed by atoms with Crippen molar-refractivity contribution in [2.24, 2.45) is 0 Å². The van der Waals surface area contributed by atoms with Crippen molar-refractivity contribution in [3.63, 3.8) is 0 Å². The summed E-state index contributed by atoms with van der Waals surface area (Å²) in [5, 5.41) is 10.9. The number of ether oxygens (including phenoxy) is 2. The van der Waals surface area contributed by atoms with Crippen molar-refractivity contribution in [1.29, 1.82) is 0 Å². The number of hydrogen-bond acceptors (Lipinski definition) is 6. The lowest BCUT2D eigenvalue weighted by atomic mass is 10.1. The molecular weight excluding hydrogens is 313 g/mol. The zero-order valence-electron chi connectivity index (χ0n) is 13.5. The van der Waals surface area contributed by atoms with E-state index in [1.807, 2.05) is 11.8 Å². The second kappa shape index (κ2) is 7.11. The van der Waals surface area contributed by atoms with Gasteiger partial charge in [-0.15, -0.1) is 0 Å². The largest absolute Gasteiger partial charge is 0.490 e. The lowest BCUT2D eigenvalue weighted by Gasteiger charge is -2.31. The van der Waals surface area contributed by atoms with Crippen LogP contribution in [0.5, 0.6) is 5.75 Å². The number of anilines is 1. The van der Waals surface area contributed by atoms with Crippen LogP contribution in [0.3, 0.4) is 0 Å². The Labute approximate surface area is 139 Å². The smallest absolute Gasteiger partial charge is 0.139 e. The lowest BCUT2D eigenvalue weighted by Crippen LogP contribution is -2.49. The van der Waals surface area contributed by atoms with Crippen molar-refractivity contribution in [2.45, 2.75) is 12.5 Å². The first-order chi connectivity index (χ1) is 11.5. The average Bonchev–Trinajstić information content (AvgIpc) is 2.76. The van der Waals surface area contributed by atoms with E-state index in [-0.39, 0.29) is 19.0 Å². The highest BCUT2D eigenvalue weighted by Crippen LogP contribution is 2.20. The average molecular weight is 333 g/mol. The van der Waals surface area contributed by atoms with Gasteiger partial charge >= 0.3 is 0 Å². The lowest BCUT2D eigenvalue weighted by molar-refractivity contribution is -0.0537. The molecule has 6 nitrogen and oxygen atoms in total. The summed E-state index contributed by atoms with van der Waals surface area (Å²) >= 11 is 0. The van der Waals surface area contributed by atoms with Crippen LogP contribution in [0.15, 0.2) is 36.5 Å². The minimum absolute atomic E-state index is 0.00296. The third-order valence-electron chi connectivity index (χ3n) is 3.75. The molecule has 3 rings (SSSR count). The zero-order valence-corrected chi connectivity index (χ0v) is 13.5. The highest BCUT2D eigenvalue weighted by atomic mass is 19.1. The maximum absolute atomic E-state index is 13.2. The molecule has 0 unspecified atom stereocenters. The normalized spacial score (nSPS) is 21.4. The van der Waals surface area contributed by atoms with Gasteiger partial charge in [0.25, 0.3) is 0 Å². The standard InChI is InChI=1S/C17H20FN3O3/c1-13-19-6-5-16(20-13)21-7-8-23-11-17(22,10-21)12-24-15-4-2-3-14(18)9-15/h2-6,9,22H,7-8,10-12H2,1H3/t17-/m0/s1. The first kappa shape index (κ1) is 16.6. The summed E-state index contributed by atoms with van der Waals surface area (Å²) in [4.78, 5) is 10.4. The van der Waals surface area contributed by atoms with Gasteiger partial charge in [-0.2, -0.15) is 0 Å². The van der Waals surface area contributed by atoms with Crippen molar-refractivity contribution in [1.82, 2.24) is 9.97 Å². The molecule has 0 bridgehead atoms. The van der Waals surface area contributed by atoms with Gasteiger partial charge in [-0.25, -0.2) is 14.4 Å². The van der Waals surface area contributed by atoms with Gasteiger partial charge in [-0.05, 0) is 25.1 Å². The Hall–Kier alpha value is -2.25. The van der Waals surface area contributed by atoms with E-state index in [0.717, 1.165) is 5.82 Å². The molecule has 24 heavy (non-hydrogen) atoms. The van der Waals surface area contributed by atoms with Crippen LogP contribution in [0.4, 0.5) is 10.2 Å². The van der Waals surface area contributed by atoms with Crippen LogP contribution in [-0.4, -0.2) is 53.6 Å². The van der Waals surface area contributed by atoms with Crippen molar-refractivity contribution in [3.8, 4) is 5.75 Å². The maximum Gasteiger partial charge on any atom is 0.139 e. The van der Waals surface area contributed by atoms with E-state index >= 15 is 0 Å². The van der Waals surface area contributed by atoms with Crippen LogP contribution < -0.4 is 9.64 Å². The van der Waals surface area contributed by atoms with Crippen LogP contribution in [0.1, 0.15) is 5.82 Å². The van der Waals surface area contributed by atoms with Crippen LogP contribution in [0.2, 0.25) is 0 Å². The predicted molar refractivity (Wildman–Crippen MR) is 86.6 cm³/mol. The van der Waals surface area contributed by atoms with Gasteiger partial charge in [-0.1, -0.05) is 6.07 Å². The first-order valence-electron chi connectivity index (χ1n) is 7.77. The molecule has 1 fully saturated rings. The summed E-state index contributed by atoms with van der Waals surface area (Å²) in [6, 6.07) is 7.64. The summed E-state index contributed by atoms with van der Waals surface area (Å²) in [6.45, 7) is 3.35. The highest BCUT2D eigenvalue weighted by molar-refractivity contribution is 5.38. The van der Waals surface area contributed by atoms with E-state index in [2.05, 4.69) is 9.97 Å². The number of hydrogen-bond donors (Lipinski definition) is 1. The van der Waals surface area contributed by atoms with Gasteiger partial charge in [0, 0.05) is 18.8 Å². The number of β-amino-alcohol motifs (C(OH)–C–C–N with tert-alkyl or cyclic N) is 1. The Bertz CT molecular complexity index is 700. The summed E-state index contributed by atoms with van der Waals surface area (Å²) in [5.74, 6) is 1.39. The molecule has 0 saturated carbocycles. The Morgan fingerprint density at radius 1 is 1.42 bits per heavy atom. The summed E-state index contributed by atoms with van der Waals surface area (Å²) in [5.41, 5.74) is -1.22. The van der Waals surface area contributed by atoms with E-state index in [1.54, 1.807) is 24.4 Å². The van der Waals surface area contributed by atoms with Crippen LogP contribution >= 0.6 is 0 Å². The molecule has 0 radical (unpaired) electrons. The second-order valence-electron chi connectivity index (χ2n) is 5.91. The molecule has 1 atom stereocenters. The molecule has 1 aromatic carbocycles. The molecule has 0 amide bonds. The van der Waals surface area contributed by atoms with Gasteiger partial charge in [0.05, 0.1) is 19.8 Å². The van der Waals surface area contributed by atoms with E-state index in [4.69, 9.17) is 9.47 Å². The Morgan fingerprint density at radius 2 is 2.29 bits per heavy atom. The molecule has 2 aromatic rings. The maximum atomic E-state index is 13.2. The molecular formula is C17H20FN3O3. The van der Waals surface area contributed by atoms with Gasteiger partial charge in [0.15, 0.2) is 0 Å². The molecule has 1 aliphatic rings. The van der Waals surface area contributed by atoms with Crippen molar-refractivity contribution < 1.29 is 19.0 Å². The van der Waals surface area contributed by atoms with Crippen molar-refractivity contribution >= 4 is 5.82 Å². The SMILES string of the molecule is Cc1nccc(N2CCOC[C@](O)(COc3cccc(F)c3)C2)n1. The molecule has 1 saturated heterocycles. The fourth-order valence-electron chi connectivity index (χ4n) is 2.59. The Kier molecular flexibility index (Phi) is 4.92. The van der Waals surface area contributed by atoms with Crippen LogP contribution in [0.25, 0.3) is 0 Å². The molecule has 0 spiro atoms. The van der Waals surface area contributed by atoms with Gasteiger partial charge in [-0.3, -0.25) is 0 Å². The number of aliphatic hydroxyl groups is 1. The number of benzene rings is 1. The predicted octanol–water partition coefficient (Wildman–Crippen LogP) is 1.57. The molecule has 2 heterocycles. The molecule has 1 aliphatic heterocycles. The van der Waals surface area contributed by atoms with Crippen molar-refractivity contribution in [3.05, 3.63) is 48.2 Å². The molecule has 1 aromatic heterocycles. The highest BCUT2D eigenvalue weighted by Gasteiger charge is 2.34. The molecule has 1 N–H and O–H groups in total. The summed E-state index contributed by atoms with van der Waals surface area (Å²) in [7, 11) is 0. The van der Waals surface area contributed by atoms with Gasteiger partial charge in [0.2, 0.25) is 0 Å². The molecule has 128 valence electrons. The Morgan fingerprint density at radius 3 is 3.08 bits per heavy atom. The van der Waals surface area contributed by atoms with Gasteiger partial charge in [0.1, 0.15) is 35.4 Å². The number of nitrogens with zero attached hydrogens (tertiary/aromatic N) is 3. The fraction of sp³-hybridized carbons (Fsp3) is 0.412. The topological polar surface area (TPSA) is 67.7 Å². The minimum Gasteiger partial charge on any atom is -0.490 e. The van der Waals surface area contributed by atoms with E-state index < -0.39 is 5.60 Å². The number of aryl methyl sites for hydroxylation is 1. The summed E-state index contributed by atoms with van der Waals surface area (Å²) in [6.07, 6.45) is 1.69. The van der Waals surface area contributed by atoms with Crippen molar-refractivity contribution in [2.75, 3.05) is 37.8 Å². The number of rotatable bonds is 4. The monoisotopic (exact) mass is 333 g/mol. The number of aromatic nitrogens is 2. The molecule has 0 aliphatic carbocycles. The van der Waals surface area contributed by atoms with E-state index in [1.165, 1.54) is 12.1 Å². The minimum atomic E-state index is -1.22. The third-order valence-corrected chi connectivity index (χ3v) is 3.75. The quantitative estimate of drug-likeness (QED) is 0.916. The molecule has 7 heteroatoms. The number of halogens is 1. The van der Waals surface area contributed by atoms with Crippen LogP contribution in [-0.2, 0) is 4.74 Å². The Balaban J connectivity index is 1.71. The third kappa shape index (κ3) is 4.18.